The second-order valence-electron chi connectivity index (χ2n) is 2.08. The first-order chi connectivity index (χ1) is 4.65. The highest BCUT2D eigenvalue weighted by atomic mass is 16.4. The molecule has 1 aliphatic rings. The minimum absolute atomic E-state index is 0.0984. The number of hydrogen-bond donors (Lipinski definition) is 2. The summed E-state index contributed by atoms with van der Waals surface area (Å²) < 4.78 is 0. The minimum atomic E-state index is -1.78. The van der Waals surface area contributed by atoms with Gasteiger partial charge in [0.2, 0.25) is 0 Å². The average Bonchev–Trinajstić information content (AvgIpc) is 1.89. The molecular formula is C6H7NO3. The number of dihydropyridines is 1. The van der Waals surface area contributed by atoms with Gasteiger partial charge in [-0.1, -0.05) is 0 Å². The van der Waals surface area contributed by atoms with Crippen molar-refractivity contribution in [3.05, 3.63) is 12.2 Å². The number of aliphatic hydroxyl groups is 1. The summed E-state index contributed by atoms with van der Waals surface area (Å²) in [5.74, 6) is -1.26. The Morgan fingerprint density at radius 1 is 1.70 bits per heavy atom. The highest BCUT2D eigenvalue weighted by Gasteiger charge is 2.33. The zero-order chi connectivity index (χ0) is 7.61. The molecule has 0 aromatic heterocycles. The van der Waals surface area contributed by atoms with Crippen LogP contribution in [0, 0.1) is 0 Å². The SMILES string of the molecule is O=C(O)C1(O)C=CC=NC1. The Balaban J connectivity index is 2.80. The van der Waals surface area contributed by atoms with Gasteiger partial charge in [-0.05, 0) is 12.2 Å². The molecule has 4 heteroatoms. The number of hydrogen-bond acceptors (Lipinski definition) is 3. The van der Waals surface area contributed by atoms with Crippen molar-refractivity contribution in [2.45, 2.75) is 5.60 Å². The van der Waals surface area contributed by atoms with Crippen molar-refractivity contribution in [1.29, 1.82) is 0 Å². The number of nitrogens with zero attached hydrogens (tertiary/aromatic N) is 1. The van der Waals surface area contributed by atoms with Crippen LogP contribution in [0.5, 0.6) is 0 Å². The summed E-state index contributed by atoms with van der Waals surface area (Å²) in [6.45, 7) is -0.0984. The van der Waals surface area contributed by atoms with E-state index >= 15 is 0 Å². The number of aliphatic imine (C=N–C) groups is 1. The number of carboxylic acids is 1. The Morgan fingerprint density at radius 3 is 2.70 bits per heavy atom. The molecule has 0 aliphatic carbocycles. The Hall–Kier alpha value is -1.16. The number of aliphatic carboxylic acids is 1. The monoisotopic (exact) mass is 141 g/mol. The highest BCUT2D eigenvalue weighted by molar-refractivity contribution is 5.84. The largest absolute Gasteiger partial charge is 0.479 e. The third kappa shape index (κ3) is 1.06. The van der Waals surface area contributed by atoms with E-state index in [0.717, 1.165) is 0 Å². The Labute approximate surface area is 57.5 Å². The molecule has 1 rings (SSSR count). The summed E-state index contributed by atoms with van der Waals surface area (Å²) in [5, 5.41) is 17.6. The van der Waals surface area contributed by atoms with Crippen LogP contribution in [0.3, 0.4) is 0 Å². The topological polar surface area (TPSA) is 69.9 Å². The quantitative estimate of drug-likeness (QED) is 0.514. The van der Waals surface area contributed by atoms with Crippen LogP contribution in [0.15, 0.2) is 17.1 Å². The first-order valence-electron chi connectivity index (χ1n) is 2.78. The zero-order valence-corrected chi connectivity index (χ0v) is 5.19. The van der Waals surface area contributed by atoms with E-state index in [4.69, 9.17) is 10.2 Å². The predicted octanol–water partition coefficient (Wildman–Crippen LogP) is -0.557. The molecule has 54 valence electrons. The minimum Gasteiger partial charge on any atom is -0.479 e. The molecule has 0 saturated carbocycles. The molecule has 0 aromatic carbocycles. The molecule has 0 spiro atoms. The first kappa shape index (κ1) is 6.95. The fourth-order valence-electron chi connectivity index (χ4n) is 0.647. The Morgan fingerprint density at radius 2 is 2.40 bits per heavy atom. The third-order valence-electron chi connectivity index (χ3n) is 1.27. The van der Waals surface area contributed by atoms with Gasteiger partial charge in [0.1, 0.15) is 0 Å². The fraction of sp³-hybridized carbons (Fsp3) is 0.333. The van der Waals surface area contributed by atoms with E-state index in [1.165, 1.54) is 18.4 Å². The molecule has 1 unspecified atom stereocenters. The Bertz CT molecular complexity index is 209. The van der Waals surface area contributed by atoms with E-state index < -0.39 is 11.6 Å². The number of carboxylic acid groups (broad SMARTS) is 1. The van der Waals surface area contributed by atoms with Crippen LogP contribution in [0.2, 0.25) is 0 Å². The van der Waals surface area contributed by atoms with Crippen LogP contribution < -0.4 is 0 Å². The van der Waals surface area contributed by atoms with E-state index in [1.54, 1.807) is 0 Å². The van der Waals surface area contributed by atoms with Gasteiger partial charge in [0.25, 0.3) is 0 Å². The predicted molar refractivity (Wildman–Crippen MR) is 35.1 cm³/mol. The van der Waals surface area contributed by atoms with Gasteiger partial charge in [0, 0.05) is 6.21 Å². The van der Waals surface area contributed by atoms with Gasteiger partial charge in [0.15, 0.2) is 5.60 Å². The molecule has 10 heavy (non-hydrogen) atoms. The standard InChI is InChI=1S/C6H7NO3/c8-5(9)6(10)2-1-3-7-4-6/h1-3,10H,4H2,(H,8,9). The van der Waals surface area contributed by atoms with Gasteiger partial charge in [-0.3, -0.25) is 4.99 Å². The molecule has 0 aromatic rings. The summed E-state index contributed by atoms with van der Waals surface area (Å²) in [5.41, 5.74) is -1.78. The average molecular weight is 141 g/mol. The molecule has 0 fully saturated rings. The highest BCUT2D eigenvalue weighted by Crippen LogP contribution is 2.09. The van der Waals surface area contributed by atoms with Gasteiger partial charge in [-0.25, -0.2) is 4.79 Å². The molecule has 0 saturated heterocycles. The molecule has 1 aliphatic heterocycles. The molecule has 2 N–H and O–H groups in total. The van der Waals surface area contributed by atoms with Crippen molar-refractivity contribution < 1.29 is 15.0 Å². The third-order valence-corrected chi connectivity index (χ3v) is 1.27. The van der Waals surface area contributed by atoms with Crippen LogP contribution in [-0.4, -0.2) is 34.5 Å². The van der Waals surface area contributed by atoms with Crippen LogP contribution in [0.25, 0.3) is 0 Å². The lowest BCUT2D eigenvalue weighted by molar-refractivity contribution is -0.152. The van der Waals surface area contributed by atoms with Gasteiger partial charge in [0.05, 0.1) is 6.54 Å². The first-order valence-corrected chi connectivity index (χ1v) is 2.78. The van der Waals surface area contributed by atoms with Crippen molar-refractivity contribution in [2.75, 3.05) is 6.54 Å². The van der Waals surface area contributed by atoms with Crippen LogP contribution in [-0.2, 0) is 4.79 Å². The van der Waals surface area contributed by atoms with Crippen LogP contribution >= 0.6 is 0 Å². The Kier molecular flexibility index (Phi) is 1.55. The number of allylic oxidation sites excluding steroid dienone is 1. The van der Waals surface area contributed by atoms with Crippen molar-refractivity contribution in [1.82, 2.24) is 0 Å². The smallest absolute Gasteiger partial charge is 0.341 e. The van der Waals surface area contributed by atoms with Crippen LogP contribution in [0.1, 0.15) is 0 Å². The van der Waals surface area contributed by atoms with E-state index in [1.807, 2.05) is 0 Å². The molecular weight excluding hydrogens is 134 g/mol. The maximum Gasteiger partial charge on any atom is 0.341 e. The lowest BCUT2D eigenvalue weighted by Gasteiger charge is -2.17. The van der Waals surface area contributed by atoms with E-state index in [0.29, 0.717) is 0 Å². The molecule has 0 radical (unpaired) electrons. The van der Waals surface area contributed by atoms with Gasteiger partial charge in [-0.15, -0.1) is 0 Å². The summed E-state index contributed by atoms with van der Waals surface area (Å²) >= 11 is 0. The van der Waals surface area contributed by atoms with Crippen molar-refractivity contribution >= 4 is 12.2 Å². The normalized spacial score (nSPS) is 30.5. The molecule has 0 amide bonds. The fourth-order valence-corrected chi connectivity index (χ4v) is 0.647. The van der Waals surface area contributed by atoms with Gasteiger partial charge in [-0.2, -0.15) is 0 Å². The molecule has 1 atom stereocenters. The molecule has 4 nitrogen and oxygen atoms in total. The lowest BCUT2D eigenvalue weighted by atomic mass is 10.0. The van der Waals surface area contributed by atoms with Crippen molar-refractivity contribution in [3.8, 4) is 0 Å². The van der Waals surface area contributed by atoms with Gasteiger partial charge < -0.3 is 10.2 Å². The van der Waals surface area contributed by atoms with Crippen molar-refractivity contribution in [2.24, 2.45) is 4.99 Å². The van der Waals surface area contributed by atoms with E-state index in [2.05, 4.69) is 4.99 Å². The summed E-state index contributed by atoms with van der Waals surface area (Å²) in [4.78, 5) is 13.9. The molecule has 0 bridgehead atoms. The summed E-state index contributed by atoms with van der Waals surface area (Å²) in [6, 6.07) is 0. The lowest BCUT2D eigenvalue weighted by Crippen LogP contribution is -2.40. The second-order valence-corrected chi connectivity index (χ2v) is 2.08. The maximum atomic E-state index is 10.3. The van der Waals surface area contributed by atoms with Gasteiger partial charge >= 0.3 is 5.97 Å². The van der Waals surface area contributed by atoms with E-state index in [-0.39, 0.29) is 6.54 Å². The number of carbonyl (C=O) groups is 1. The van der Waals surface area contributed by atoms with Crippen LogP contribution in [0.4, 0.5) is 0 Å². The molecule has 1 heterocycles. The van der Waals surface area contributed by atoms with Crippen molar-refractivity contribution in [3.63, 3.8) is 0 Å². The number of rotatable bonds is 1. The summed E-state index contributed by atoms with van der Waals surface area (Å²) in [6.07, 6.45) is 4.08. The van der Waals surface area contributed by atoms with E-state index in [9.17, 15) is 4.79 Å². The summed E-state index contributed by atoms with van der Waals surface area (Å²) in [7, 11) is 0. The maximum absolute atomic E-state index is 10.3. The zero-order valence-electron chi connectivity index (χ0n) is 5.19. The second kappa shape index (κ2) is 2.22.